The number of rotatable bonds is 33. The van der Waals surface area contributed by atoms with Gasteiger partial charge in [0.15, 0.2) is 2.74 Å². The Morgan fingerprint density at radius 3 is 1.61 bits per heavy atom. The van der Waals surface area contributed by atoms with Gasteiger partial charge in [-0.3, -0.25) is 28.8 Å². The number of carbonyl (C=O) groups excluding carboxylic acids is 3. The maximum absolute atomic E-state index is 13.1. The van der Waals surface area contributed by atoms with Crippen molar-refractivity contribution in [2.75, 3.05) is 13.1 Å². The number of hydrogen-bond acceptors (Lipinski definition) is 12. The van der Waals surface area contributed by atoms with Gasteiger partial charge in [-0.05, 0) is 85.3 Å². The van der Waals surface area contributed by atoms with Gasteiger partial charge in [0.05, 0.1) is 16.4 Å². The molecule has 0 unspecified atom stereocenters. The quantitative estimate of drug-likeness (QED) is 0.0238. The zero-order valence-corrected chi connectivity index (χ0v) is 38.3. The van der Waals surface area contributed by atoms with Gasteiger partial charge in [0.2, 0.25) is 11.8 Å². The number of amides is 2. The van der Waals surface area contributed by atoms with Gasteiger partial charge in [-0.15, -0.1) is 0 Å². The van der Waals surface area contributed by atoms with Gasteiger partial charge in [-0.2, -0.15) is 0 Å². The van der Waals surface area contributed by atoms with Gasteiger partial charge >= 0.3 is 17.9 Å². The summed E-state index contributed by atoms with van der Waals surface area (Å²) in [6.45, 7) is 1.02. The lowest BCUT2D eigenvalue weighted by molar-refractivity contribution is -0.145. The fourth-order valence-corrected chi connectivity index (χ4v) is 21.2. The molecule has 0 aromatic heterocycles. The summed E-state index contributed by atoms with van der Waals surface area (Å²) in [5.74, 6) is -3.96. The highest BCUT2D eigenvalue weighted by Crippen LogP contribution is 2.84. The molecule has 3 aliphatic rings. The van der Waals surface area contributed by atoms with E-state index in [1.165, 1.54) is 51.4 Å². The summed E-state index contributed by atoms with van der Waals surface area (Å²) >= 11 is 0. The first-order chi connectivity index (χ1) is 27.5. The van der Waals surface area contributed by atoms with E-state index < -0.39 is 29.7 Å². The van der Waals surface area contributed by atoms with Crippen molar-refractivity contribution >= 4 is 100 Å². The van der Waals surface area contributed by atoms with Crippen molar-refractivity contribution in [1.29, 1.82) is 0 Å². The van der Waals surface area contributed by atoms with Gasteiger partial charge in [-0.25, -0.2) is 0 Å². The third kappa shape index (κ3) is 22.5. The second-order valence-electron chi connectivity index (χ2n) is 15.8. The van der Waals surface area contributed by atoms with Crippen LogP contribution >= 0.6 is 64.8 Å². The maximum Gasteiger partial charge on any atom is 0.308 e. The van der Waals surface area contributed by atoms with Crippen LogP contribution < -0.4 is 10.6 Å². The molecule has 1 saturated carbocycles. The number of carbonyl (C=O) groups is 6. The molecule has 2 amide bonds. The Balaban J connectivity index is 0.0000116. The molecular weight excluding hydrogens is 845 g/mol. The Hall–Kier alpha value is -0.880. The second kappa shape index (κ2) is 29.4. The molecule has 0 aromatic carbocycles. The standard InChI is InChI=1S/C40H66N2O9S6.H2/c43-33(27-31(37(48)49)24-25-35(45)41-26-16-15-17-32(38(50)51)39-52-54-40(55-53-39)56-57-40)30-22-20-29(21-23-30)28-42-34(44)18-13-11-9-7-5-3-1-2-4-6-8-10-12-14-19-36(46)47;/h29-32,39H,1-28H2,(H,41,45)(H,42,44)(H,46,47)(H,48,49)(H,50,51);1H/t29?,30?,31-,32+;/m1./s1. The van der Waals surface area contributed by atoms with Gasteiger partial charge in [0, 0.05) is 46.1 Å². The molecule has 2 saturated heterocycles. The maximum atomic E-state index is 13.1. The Morgan fingerprint density at radius 2 is 1.11 bits per heavy atom. The normalized spacial score (nSPS) is 20.1. The van der Waals surface area contributed by atoms with Crippen molar-refractivity contribution in [3.63, 3.8) is 0 Å². The van der Waals surface area contributed by atoms with Crippen LogP contribution in [-0.4, -0.2) is 71.2 Å². The average molecular weight is 913 g/mol. The van der Waals surface area contributed by atoms with Crippen LogP contribution in [0, 0.1) is 23.7 Å². The van der Waals surface area contributed by atoms with Gasteiger partial charge in [0.1, 0.15) is 5.78 Å². The lowest BCUT2D eigenvalue weighted by atomic mass is 9.78. The Labute approximate surface area is 365 Å². The summed E-state index contributed by atoms with van der Waals surface area (Å²) in [7, 11) is 10.4. The third-order valence-corrected chi connectivity index (χ3v) is 24.9. The highest BCUT2D eigenvalue weighted by Gasteiger charge is 2.53. The Kier molecular flexibility index (Phi) is 26.0. The molecule has 2 aliphatic heterocycles. The molecule has 1 aliphatic carbocycles. The number of unbranched alkanes of at least 4 members (excludes halogenated alkanes) is 14. The Morgan fingerprint density at radius 1 is 0.579 bits per heavy atom. The van der Waals surface area contributed by atoms with Crippen LogP contribution in [0.15, 0.2) is 0 Å². The Bertz CT molecular complexity index is 1250. The SMILES string of the molecule is O=C(O)CCCCCCCCCCCCCCCCC(=O)NCC1CCC(C(=O)C[C@@H](CCC(=O)NCCCC[C@@H](C(=O)O)C2SSC3(SS2)SS3)C(=O)O)CC1.[HH]. The molecule has 0 radical (unpaired) electrons. The second-order valence-corrected chi connectivity index (χ2v) is 25.3. The molecule has 3 fully saturated rings. The number of Topliss-reactive ketones (excluding diaryl/α,β-unsaturated/α-hetero) is 1. The van der Waals surface area contributed by atoms with Crippen molar-refractivity contribution in [2.24, 2.45) is 23.7 Å². The summed E-state index contributed by atoms with van der Waals surface area (Å²) in [4.78, 5) is 72.3. The highest BCUT2D eigenvalue weighted by atomic mass is 33.2. The molecule has 2 heterocycles. The summed E-state index contributed by atoms with van der Waals surface area (Å²) in [6.07, 6.45) is 21.9. The molecule has 17 heteroatoms. The first kappa shape index (κ1) is 50.5. The van der Waals surface area contributed by atoms with Crippen molar-refractivity contribution in [3.05, 3.63) is 0 Å². The number of nitrogens with one attached hydrogen (secondary N) is 2. The van der Waals surface area contributed by atoms with Crippen LogP contribution in [0.2, 0.25) is 0 Å². The summed E-state index contributed by atoms with van der Waals surface area (Å²) in [5.41, 5.74) is 0. The highest BCUT2D eigenvalue weighted by molar-refractivity contribution is 9.14. The molecule has 5 N–H and O–H groups in total. The summed E-state index contributed by atoms with van der Waals surface area (Å²) in [6, 6.07) is 0. The van der Waals surface area contributed by atoms with Crippen LogP contribution in [-0.2, 0) is 28.8 Å². The first-order valence-electron chi connectivity index (χ1n) is 21.3. The van der Waals surface area contributed by atoms with Crippen LogP contribution in [0.1, 0.15) is 168 Å². The lowest BCUT2D eigenvalue weighted by Crippen LogP contribution is -2.33. The van der Waals surface area contributed by atoms with Crippen molar-refractivity contribution in [3.8, 4) is 0 Å². The van der Waals surface area contributed by atoms with E-state index >= 15 is 0 Å². The van der Waals surface area contributed by atoms with E-state index in [0.29, 0.717) is 57.5 Å². The average Bonchev–Trinajstić information content (AvgIpc) is 3.95. The fourth-order valence-electron chi connectivity index (χ4n) is 7.39. The van der Waals surface area contributed by atoms with Gasteiger partial charge in [0.25, 0.3) is 0 Å². The predicted octanol–water partition coefficient (Wildman–Crippen LogP) is 11.0. The molecule has 0 aromatic rings. The smallest absolute Gasteiger partial charge is 0.308 e. The molecule has 11 nitrogen and oxygen atoms in total. The molecule has 1 spiro atoms. The van der Waals surface area contributed by atoms with Crippen molar-refractivity contribution in [2.45, 2.75) is 174 Å². The summed E-state index contributed by atoms with van der Waals surface area (Å²) < 4.78 is 0.115. The van der Waals surface area contributed by atoms with Crippen LogP contribution in [0.3, 0.4) is 0 Å². The number of carboxylic acid groups (broad SMARTS) is 3. The molecular formula is C40H68N2O9S6. The van der Waals surface area contributed by atoms with Crippen molar-refractivity contribution in [1.82, 2.24) is 10.6 Å². The molecule has 328 valence electrons. The van der Waals surface area contributed by atoms with E-state index in [4.69, 9.17) is 5.11 Å². The predicted molar refractivity (Wildman–Crippen MR) is 242 cm³/mol. The zero-order valence-electron chi connectivity index (χ0n) is 33.4. The minimum absolute atomic E-state index is 0. The molecule has 57 heavy (non-hydrogen) atoms. The monoisotopic (exact) mass is 912 g/mol. The number of ketones is 1. The molecule has 0 bridgehead atoms. The first-order valence-corrected chi connectivity index (χ1v) is 27.8. The fraction of sp³-hybridized carbons (Fsp3) is 0.850. The largest absolute Gasteiger partial charge is 0.481 e. The van der Waals surface area contributed by atoms with E-state index in [0.717, 1.165) is 51.4 Å². The van der Waals surface area contributed by atoms with Crippen LogP contribution in [0.4, 0.5) is 0 Å². The van der Waals surface area contributed by atoms with E-state index in [9.17, 15) is 39.0 Å². The van der Waals surface area contributed by atoms with E-state index in [2.05, 4.69) is 10.6 Å². The minimum Gasteiger partial charge on any atom is -0.481 e. The van der Waals surface area contributed by atoms with E-state index in [1.54, 1.807) is 43.2 Å². The van der Waals surface area contributed by atoms with E-state index in [1.807, 2.05) is 21.6 Å². The third-order valence-electron chi connectivity index (χ3n) is 11.1. The van der Waals surface area contributed by atoms with Crippen LogP contribution in [0.5, 0.6) is 0 Å². The van der Waals surface area contributed by atoms with E-state index in [-0.39, 0.29) is 58.0 Å². The topological polar surface area (TPSA) is 187 Å². The van der Waals surface area contributed by atoms with Gasteiger partial charge < -0.3 is 26.0 Å². The van der Waals surface area contributed by atoms with Gasteiger partial charge in [-0.1, -0.05) is 127 Å². The number of aliphatic carboxylic acids is 3. The molecule has 2 atom stereocenters. The summed E-state index contributed by atoms with van der Waals surface area (Å²) in [5, 5.41) is 34.1. The lowest BCUT2D eigenvalue weighted by Gasteiger charge is -2.28. The zero-order chi connectivity index (χ0) is 41.3. The van der Waals surface area contributed by atoms with Crippen LogP contribution in [0.25, 0.3) is 0 Å². The number of hydrogen-bond donors (Lipinski definition) is 5. The molecule has 3 rings (SSSR count). The minimum atomic E-state index is -1.06. The number of carboxylic acids is 3. The van der Waals surface area contributed by atoms with Crippen molar-refractivity contribution < 1.29 is 45.5 Å².